The molecule has 0 aliphatic rings. The lowest BCUT2D eigenvalue weighted by Crippen LogP contribution is -2.02. The Bertz CT molecular complexity index is 485. The van der Waals surface area contributed by atoms with Gasteiger partial charge >= 0.3 is 0 Å². The van der Waals surface area contributed by atoms with Gasteiger partial charge in [0.15, 0.2) is 0 Å². The highest BCUT2D eigenvalue weighted by molar-refractivity contribution is 9.10. The van der Waals surface area contributed by atoms with E-state index in [9.17, 15) is 0 Å². The minimum atomic E-state index is 0.762. The van der Waals surface area contributed by atoms with Crippen LogP contribution in [0.4, 0.5) is 5.69 Å². The fraction of sp³-hybridized carbons (Fsp3) is 0.167. The van der Waals surface area contributed by atoms with Gasteiger partial charge in [0, 0.05) is 29.1 Å². The number of nitrogens with zero attached hydrogens (tertiary/aromatic N) is 2. The Morgan fingerprint density at radius 1 is 1.38 bits per heavy atom. The van der Waals surface area contributed by atoms with Crippen molar-refractivity contribution in [2.45, 2.75) is 13.5 Å². The quantitative estimate of drug-likeness (QED) is 0.937. The van der Waals surface area contributed by atoms with E-state index >= 15 is 0 Å². The lowest BCUT2D eigenvalue weighted by atomic mass is 10.2. The van der Waals surface area contributed by atoms with E-state index in [2.05, 4.69) is 37.3 Å². The zero-order chi connectivity index (χ0) is 11.4. The summed E-state index contributed by atoms with van der Waals surface area (Å²) in [7, 11) is 0. The number of nitrogens with one attached hydrogen (secondary N) is 1. The van der Waals surface area contributed by atoms with E-state index in [1.807, 2.05) is 19.1 Å². The fourth-order valence-corrected chi connectivity index (χ4v) is 1.78. The minimum absolute atomic E-state index is 0.762. The zero-order valence-corrected chi connectivity index (χ0v) is 10.5. The second kappa shape index (κ2) is 5.07. The van der Waals surface area contributed by atoms with Crippen molar-refractivity contribution in [3.63, 3.8) is 0 Å². The van der Waals surface area contributed by atoms with Crippen LogP contribution in [-0.2, 0) is 6.54 Å². The van der Waals surface area contributed by atoms with Gasteiger partial charge in [-0.1, -0.05) is 6.07 Å². The van der Waals surface area contributed by atoms with Crippen molar-refractivity contribution in [3.8, 4) is 0 Å². The van der Waals surface area contributed by atoms with Gasteiger partial charge in [-0.2, -0.15) is 0 Å². The molecule has 2 aromatic rings. The van der Waals surface area contributed by atoms with Gasteiger partial charge in [-0.3, -0.25) is 9.97 Å². The standard InChI is InChI=1S/C12H12BrN3/c1-9-10(3-2-4-15-9)6-16-12-5-11(13)7-14-8-12/h2-5,7-8,16H,6H2,1H3. The summed E-state index contributed by atoms with van der Waals surface area (Å²) < 4.78 is 0.973. The fourth-order valence-electron chi connectivity index (χ4n) is 1.41. The van der Waals surface area contributed by atoms with Crippen molar-refractivity contribution in [3.05, 3.63) is 52.5 Å². The Kier molecular flexibility index (Phi) is 3.51. The number of rotatable bonds is 3. The van der Waals surface area contributed by atoms with Crippen LogP contribution in [0, 0.1) is 6.92 Å². The Balaban J connectivity index is 2.05. The SMILES string of the molecule is Cc1ncccc1CNc1cncc(Br)c1. The molecule has 0 bridgehead atoms. The van der Waals surface area contributed by atoms with Crippen LogP contribution < -0.4 is 5.32 Å². The number of hydrogen-bond acceptors (Lipinski definition) is 3. The first-order chi connectivity index (χ1) is 7.75. The average molecular weight is 278 g/mol. The molecule has 0 aliphatic heterocycles. The van der Waals surface area contributed by atoms with E-state index in [0.717, 1.165) is 22.4 Å². The van der Waals surface area contributed by atoms with Crippen molar-refractivity contribution in [2.75, 3.05) is 5.32 Å². The predicted molar refractivity (Wildman–Crippen MR) is 68.2 cm³/mol. The highest BCUT2D eigenvalue weighted by Crippen LogP contribution is 2.15. The molecule has 0 spiro atoms. The third-order valence-electron chi connectivity index (χ3n) is 2.30. The maximum atomic E-state index is 4.24. The summed E-state index contributed by atoms with van der Waals surface area (Å²) in [6, 6.07) is 6.02. The highest BCUT2D eigenvalue weighted by atomic mass is 79.9. The molecule has 0 saturated carbocycles. The summed E-state index contributed by atoms with van der Waals surface area (Å²) in [6.45, 7) is 2.77. The van der Waals surface area contributed by atoms with Gasteiger partial charge in [-0.15, -0.1) is 0 Å². The molecule has 0 amide bonds. The average Bonchev–Trinajstić information content (AvgIpc) is 2.28. The monoisotopic (exact) mass is 277 g/mol. The molecular weight excluding hydrogens is 266 g/mol. The molecule has 0 atom stereocenters. The van der Waals surface area contributed by atoms with Gasteiger partial charge in [-0.25, -0.2) is 0 Å². The van der Waals surface area contributed by atoms with Crippen molar-refractivity contribution in [2.24, 2.45) is 0 Å². The van der Waals surface area contributed by atoms with E-state index in [1.165, 1.54) is 5.56 Å². The highest BCUT2D eigenvalue weighted by Gasteiger charge is 1.98. The molecular formula is C12H12BrN3. The van der Waals surface area contributed by atoms with Crippen molar-refractivity contribution in [1.29, 1.82) is 0 Å². The van der Waals surface area contributed by atoms with Gasteiger partial charge in [0.1, 0.15) is 0 Å². The molecule has 0 unspecified atom stereocenters. The van der Waals surface area contributed by atoms with E-state index in [4.69, 9.17) is 0 Å². The summed E-state index contributed by atoms with van der Waals surface area (Å²) >= 11 is 3.39. The van der Waals surface area contributed by atoms with Gasteiger partial charge in [0.05, 0.1) is 11.9 Å². The molecule has 82 valence electrons. The third kappa shape index (κ3) is 2.79. The molecule has 1 N–H and O–H groups in total. The Morgan fingerprint density at radius 3 is 3.00 bits per heavy atom. The number of hydrogen-bond donors (Lipinski definition) is 1. The molecule has 0 fully saturated rings. The molecule has 3 nitrogen and oxygen atoms in total. The van der Waals surface area contributed by atoms with Crippen LogP contribution in [0.15, 0.2) is 41.3 Å². The van der Waals surface area contributed by atoms with Crippen molar-refractivity contribution in [1.82, 2.24) is 9.97 Å². The van der Waals surface area contributed by atoms with E-state index in [1.54, 1.807) is 18.6 Å². The lowest BCUT2D eigenvalue weighted by Gasteiger charge is -2.07. The first kappa shape index (κ1) is 11.1. The van der Waals surface area contributed by atoms with Crippen molar-refractivity contribution >= 4 is 21.6 Å². The van der Waals surface area contributed by atoms with Crippen molar-refractivity contribution < 1.29 is 0 Å². The molecule has 2 aromatic heterocycles. The predicted octanol–water partition coefficient (Wildman–Crippen LogP) is 3.16. The number of aryl methyl sites for hydroxylation is 1. The molecule has 2 rings (SSSR count). The smallest absolute Gasteiger partial charge is 0.0540 e. The van der Waals surface area contributed by atoms with Gasteiger partial charge < -0.3 is 5.32 Å². The Morgan fingerprint density at radius 2 is 2.25 bits per heavy atom. The van der Waals surface area contributed by atoms with Crippen LogP contribution >= 0.6 is 15.9 Å². The number of aromatic nitrogens is 2. The molecule has 0 aliphatic carbocycles. The van der Waals surface area contributed by atoms with Crippen LogP contribution in [0.25, 0.3) is 0 Å². The first-order valence-electron chi connectivity index (χ1n) is 5.00. The van der Waals surface area contributed by atoms with Crippen LogP contribution in [-0.4, -0.2) is 9.97 Å². The summed E-state index contributed by atoms with van der Waals surface area (Å²) in [5, 5.41) is 3.31. The normalized spacial score (nSPS) is 10.1. The maximum Gasteiger partial charge on any atom is 0.0540 e. The maximum absolute atomic E-state index is 4.24. The second-order valence-electron chi connectivity index (χ2n) is 3.49. The second-order valence-corrected chi connectivity index (χ2v) is 4.41. The molecule has 16 heavy (non-hydrogen) atoms. The Hall–Kier alpha value is -1.42. The first-order valence-corrected chi connectivity index (χ1v) is 5.80. The largest absolute Gasteiger partial charge is 0.380 e. The summed E-state index contributed by atoms with van der Waals surface area (Å²) in [5.74, 6) is 0. The molecule has 0 aromatic carbocycles. The number of halogens is 1. The lowest BCUT2D eigenvalue weighted by molar-refractivity contribution is 1.05. The summed E-state index contributed by atoms with van der Waals surface area (Å²) in [6.07, 6.45) is 5.37. The Labute approximate surface area is 103 Å². The zero-order valence-electron chi connectivity index (χ0n) is 8.94. The van der Waals surface area contributed by atoms with Crippen LogP contribution in [0.5, 0.6) is 0 Å². The van der Waals surface area contributed by atoms with Gasteiger partial charge in [0.25, 0.3) is 0 Å². The van der Waals surface area contributed by atoms with Crippen LogP contribution in [0.2, 0.25) is 0 Å². The van der Waals surface area contributed by atoms with E-state index in [-0.39, 0.29) is 0 Å². The van der Waals surface area contributed by atoms with Gasteiger partial charge in [-0.05, 0) is 40.5 Å². The molecule has 4 heteroatoms. The van der Waals surface area contributed by atoms with Crippen LogP contribution in [0.3, 0.4) is 0 Å². The molecule has 0 radical (unpaired) electrons. The third-order valence-corrected chi connectivity index (χ3v) is 2.74. The summed E-state index contributed by atoms with van der Waals surface area (Å²) in [4.78, 5) is 8.34. The van der Waals surface area contributed by atoms with Crippen LogP contribution in [0.1, 0.15) is 11.3 Å². The summed E-state index contributed by atoms with van der Waals surface area (Å²) in [5.41, 5.74) is 3.25. The van der Waals surface area contributed by atoms with Gasteiger partial charge in [0.2, 0.25) is 0 Å². The number of anilines is 1. The minimum Gasteiger partial charge on any atom is -0.380 e. The number of pyridine rings is 2. The molecule has 2 heterocycles. The van der Waals surface area contributed by atoms with E-state index in [0.29, 0.717) is 0 Å². The van der Waals surface area contributed by atoms with E-state index < -0.39 is 0 Å². The molecule has 0 saturated heterocycles. The topological polar surface area (TPSA) is 37.8 Å².